The summed E-state index contributed by atoms with van der Waals surface area (Å²) in [7, 11) is -2.26. The zero-order valence-electron chi connectivity index (χ0n) is 20.8. The summed E-state index contributed by atoms with van der Waals surface area (Å²) in [5, 5.41) is 0. The quantitative estimate of drug-likeness (QED) is 0.307. The average molecular weight is 524 g/mol. The highest BCUT2D eigenvalue weighted by atomic mass is 32.2. The monoisotopic (exact) mass is 523 g/mol. The molecule has 0 aliphatic heterocycles. The number of thiazole rings is 1. The van der Waals surface area contributed by atoms with Gasteiger partial charge in [0.05, 0.1) is 27.4 Å². The fraction of sp³-hybridized carbons (Fsp3) is 0.259. The molecule has 0 radical (unpaired) electrons. The van der Waals surface area contributed by atoms with Crippen molar-refractivity contribution in [2.45, 2.75) is 32.2 Å². The number of nitrogens with zero attached hydrogens (tertiary/aromatic N) is 3. The lowest BCUT2D eigenvalue weighted by molar-refractivity contribution is 0.0996. The lowest BCUT2D eigenvalue weighted by Gasteiger charge is -2.19. The topological polar surface area (TPSA) is 81.0 Å². The van der Waals surface area contributed by atoms with Crippen LogP contribution < -0.4 is 9.11 Å². The molecule has 4 rings (SSSR count). The van der Waals surface area contributed by atoms with E-state index in [-0.39, 0.29) is 4.90 Å². The minimum atomic E-state index is -3.76. The van der Waals surface area contributed by atoms with Crippen molar-refractivity contribution < 1.29 is 17.9 Å². The maximum absolute atomic E-state index is 13.1. The highest BCUT2D eigenvalue weighted by Gasteiger charge is 2.21. The maximum atomic E-state index is 13.1. The van der Waals surface area contributed by atoms with Crippen LogP contribution in [0.1, 0.15) is 28.4 Å². The van der Waals surface area contributed by atoms with E-state index < -0.39 is 15.9 Å². The smallest absolute Gasteiger partial charge is 0.279 e. The molecule has 0 spiro atoms. The Morgan fingerprint density at radius 1 is 1.03 bits per heavy atom. The SMILES string of the molecule is CCOCCn1c(=NC(=O)c2ccc(S(=O)(=O)N(C)c3ccccc3)cc2)sc2cc(C)c(C)cc21. The molecule has 1 amide bonds. The predicted octanol–water partition coefficient (Wildman–Crippen LogP) is 4.92. The van der Waals surface area contributed by atoms with E-state index in [1.54, 1.807) is 24.3 Å². The average Bonchev–Trinajstić information content (AvgIpc) is 3.20. The van der Waals surface area contributed by atoms with Crippen LogP contribution in [0.2, 0.25) is 0 Å². The first kappa shape index (κ1) is 25.8. The van der Waals surface area contributed by atoms with Gasteiger partial charge in [-0.25, -0.2) is 8.42 Å². The second kappa shape index (κ2) is 10.8. The van der Waals surface area contributed by atoms with Gasteiger partial charge in [0.25, 0.3) is 15.9 Å². The van der Waals surface area contributed by atoms with Crippen molar-refractivity contribution >= 4 is 43.2 Å². The van der Waals surface area contributed by atoms with Crippen LogP contribution in [-0.4, -0.2) is 39.2 Å². The van der Waals surface area contributed by atoms with Crippen LogP contribution in [0.5, 0.6) is 0 Å². The highest BCUT2D eigenvalue weighted by Crippen LogP contribution is 2.23. The Balaban J connectivity index is 1.66. The zero-order chi connectivity index (χ0) is 25.9. The number of rotatable bonds is 8. The van der Waals surface area contributed by atoms with E-state index in [0.29, 0.717) is 35.8 Å². The van der Waals surface area contributed by atoms with Crippen LogP contribution in [-0.2, 0) is 21.3 Å². The fourth-order valence-electron chi connectivity index (χ4n) is 3.78. The van der Waals surface area contributed by atoms with E-state index in [9.17, 15) is 13.2 Å². The van der Waals surface area contributed by atoms with E-state index in [0.717, 1.165) is 10.2 Å². The molecule has 0 aliphatic rings. The summed E-state index contributed by atoms with van der Waals surface area (Å²) in [5.74, 6) is -0.430. The lowest BCUT2D eigenvalue weighted by atomic mass is 10.1. The highest BCUT2D eigenvalue weighted by molar-refractivity contribution is 7.92. The summed E-state index contributed by atoms with van der Waals surface area (Å²) in [5.41, 5.74) is 4.23. The number of benzene rings is 3. The molecule has 9 heteroatoms. The number of fused-ring (bicyclic) bond motifs is 1. The third-order valence-electron chi connectivity index (χ3n) is 6.04. The molecule has 0 atom stereocenters. The number of hydrogen-bond acceptors (Lipinski definition) is 5. The molecule has 0 aliphatic carbocycles. The molecule has 0 fully saturated rings. The van der Waals surface area contributed by atoms with Crippen LogP contribution in [0.3, 0.4) is 0 Å². The summed E-state index contributed by atoms with van der Waals surface area (Å²) < 4.78 is 35.9. The Kier molecular flexibility index (Phi) is 7.73. The molecule has 1 heterocycles. The standard InChI is InChI=1S/C27H29N3O4S2/c1-5-34-16-15-30-24-17-19(2)20(3)18-25(24)35-27(30)28-26(31)21-11-13-23(14-12-21)36(32,33)29(4)22-9-7-6-8-10-22/h6-14,17-18H,5,15-16H2,1-4H3. The number of carbonyl (C=O) groups is 1. The number of anilines is 1. The Hall–Kier alpha value is -3.27. The van der Waals surface area contributed by atoms with E-state index in [2.05, 4.69) is 31.0 Å². The van der Waals surface area contributed by atoms with Gasteiger partial charge in [0.1, 0.15) is 0 Å². The van der Waals surface area contributed by atoms with Gasteiger partial charge in [0.2, 0.25) is 0 Å². The number of sulfonamides is 1. The van der Waals surface area contributed by atoms with Gasteiger partial charge in [-0.3, -0.25) is 9.10 Å². The largest absolute Gasteiger partial charge is 0.380 e. The van der Waals surface area contributed by atoms with Gasteiger partial charge in [-0.15, -0.1) is 0 Å². The summed E-state index contributed by atoms with van der Waals surface area (Å²) in [4.78, 5) is 18.2. The lowest BCUT2D eigenvalue weighted by Crippen LogP contribution is -2.26. The Bertz CT molecular complexity index is 1550. The van der Waals surface area contributed by atoms with Gasteiger partial charge < -0.3 is 9.30 Å². The summed E-state index contributed by atoms with van der Waals surface area (Å²) in [6.07, 6.45) is 0. The van der Waals surface area contributed by atoms with Crippen LogP contribution in [0, 0.1) is 13.8 Å². The first-order valence-corrected chi connectivity index (χ1v) is 13.9. The molecule has 4 aromatic rings. The number of aromatic nitrogens is 1. The van der Waals surface area contributed by atoms with Crippen molar-refractivity contribution in [2.24, 2.45) is 4.99 Å². The molecular formula is C27H29N3O4S2. The minimum absolute atomic E-state index is 0.102. The molecule has 0 bridgehead atoms. The van der Waals surface area contributed by atoms with E-state index in [1.165, 1.54) is 58.1 Å². The van der Waals surface area contributed by atoms with Gasteiger partial charge in [-0.05, 0) is 80.4 Å². The first-order chi connectivity index (χ1) is 17.2. The van der Waals surface area contributed by atoms with E-state index in [4.69, 9.17) is 4.74 Å². The third kappa shape index (κ3) is 5.28. The maximum Gasteiger partial charge on any atom is 0.279 e. The third-order valence-corrected chi connectivity index (χ3v) is 8.88. The van der Waals surface area contributed by atoms with Gasteiger partial charge in [-0.2, -0.15) is 4.99 Å². The first-order valence-electron chi connectivity index (χ1n) is 11.6. The normalized spacial score (nSPS) is 12.3. The number of amides is 1. The molecule has 0 N–H and O–H groups in total. The summed E-state index contributed by atoms with van der Waals surface area (Å²) in [6.45, 7) is 7.77. The fourth-order valence-corrected chi connectivity index (χ4v) is 6.11. The summed E-state index contributed by atoms with van der Waals surface area (Å²) in [6, 6.07) is 19.0. The summed E-state index contributed by atoms with van der Waals surface area (Å²) >= 11 is 1.45. The molecule has 0 unspecified atom stereocenters. The Morgan fingerprint density at radius 2 is 1.69 bits per heavy atom. The molecule has 0 saturated carbocycles. The Labute approximate surface area is 215 Å². The van der Waals surface area contributed by atoms with Crippen LogP contribution in [0.15, 0.2) is 76.6 Å². The van der Waals surface area contributed by atoms with Crippen molar-refractivity contribution in [3.63, 3.8) is 0 Å². The van der Waals surface area contributed by atoms with E-state index in [1.807, 2.05) is 17.6 Å². The van der Waals surface area contributed by atoms with Gasteiger partial charge in [-0.1, -0.05) is 29.5 Å². The predicted molar refractivity (Wildman–Crippen MR) is 144 cm³/mol. The second-order valence-corrected chi connectivity index (χ2v) is 11.4. The molecule has 3 aromatic carbocycles. The second-order valence-electron chi connectivity index (χ2n) is 8.39. The van der Waals surface area contributed by atoms with Crippen LogP contribution in [0.4, 0.5) is 5.69 Å². The van der Waals surface area contributed by atoms with Crippen molar-refractivity contribution in [3.05, 3.63) is 88.2 Å². The van der Waals surface area contributed by atoms with Crippen molar-refractivity contribution in [3.8, 4) is 0 Å². The molecule has 7 nitrogen and oxygen atoms in total. The molecule has 1 aromatic heterocycles. The van der Waals surface area contributed by atoms with Gasteiger partial charge in [0, 0.05) is 25.8 Å². The molecular weight excluding hydrogens is 494 g/mol. The Morgan fingerprint density at radius 3 is 2.36 bits per heavy atom. The molecule has 36 heavy (non-hydrogen) atoms. The van der Waals surface area contributed by atoms with Gasteiger partial charge >= 0.3 is 0 Å². The number of para-hydroxylation sites is 1. The zero-order valence-corrected chi connectivity index (χ0v) is 22.4. The van der Waals surface area contributed by atoms with Crippen LogP contribution in [0.25, 0.3) is 10.2 Å². The number of aryl methyl sites for hydroxylation is 2. The van der Waals surface area contributed by atoms with Crippen LogP contribution >= 0.6 is 11.3 Å². The minimum Gasteiger partial charge on any atom is -0.380 e. The molecule has 188 valence electrons. The van der Waals surface area contributed by atoms with Crippen molar-refractivity contribution in [1.82, 2.24) is 4.57 Å². The molecule has 0 saturated heterocycles. The van der Waals surface area contributed by atoms with Crippen molar-refractivity contribution in [1.29, 1.82) is 0 Å². The van der Waals surface area contributed by atoms with Gasteiger partial charge in [0.15, 0.2) is 4.80 Å². The number of ether oxygens (including phenoxy) is 1. The van der Waals surface area contributed by atoms with Crippen molar-refractivity contribution in [2.75, 3.05) is 24.6 Å². The number of carbonyl (C=O) groups excluding carboxylic acids is 1. The van der Waals surface area contributed by atoms with E-state index >= 15 is 0 Å². The number of hydrogen-bond donors (Lipinski definition) is 0.